The van der Waals surface area contributed by atoms with Crippen molar-refractivity contribution < 1.29 is 5.48 Å². The third-order valence-corrected chi connectivity index (χ3v) is 3.00. The smallest absolute Gasteiger partial charge is 0.0533 e. The summed E-state index contributed by atoms with van der Waals surface area (Å²) in [7, 11) is 0. The van der Waals surface area contributed by atoms with Crippen LogP contribution in [-0.4, -0.2) is 5.48 Å². The van der Waals surface area contributed by atoms with Crippen LogP contribution in [0.15, 0.2) is 0 Å². The fraction of sp³-hybridized carbons (Fsp3) is 1.00. The van der Waals surface area contributed by atoms with E-state index in [-0.39, 0.29) is 5.48 Å². The Morgan fingerprint density at radius 2 is 0.400 bits per heavy atom. The Hall–Kier alpha value is -0.0400. The topological polar surface area (TPSA) is 31.5 Å². The van der Waals surface area contributed by atoms with Crippen LogP contribution in [0.25, 0.3) is 0 Å². The molecule has 1 aliphatic rings. The van der Waals surface area contributed by atoms with Crippen LogP contribution in [0.4, 0.5) is 0 Å². The second-order valence-corrected chi connectivity index (χ2v) is 4.24. The number of hydrogen-bond acceptors (Lipinski definition) is 0. The Labute approximate surface area is 97.0 Å². The monoisotopic (exact) mass is 216 g/mol. The Bertz CT molecular complexity index is 48.3. The molecule has 0 unspecified atom stereocenters. The number of rotatable bonds is 0. The zero-order valence-electron chi connectivity index (χ0n) is 11.0. The molecule has 0 radical (unpaired) electrons. The lowest BCUT2D eigenvalue weighted by atomic mass is 10.0. The summed E-state index contributed by atoms with van der Waals surface area (Å²) in [6, 6.07) is 0. The zero-order valence-corrected chi connectivity index (χ0v) is 11.0. The molecule has 0 aromatic heterocycles. The highest BCUT2D eigenvalue weighted by atomic mass is 16.0. The molecule has 0 heterocycles. The third kappa shape index (κ3) is 14.0. The molecule has 0 aliphatic heterocycles. The van der Waals surface area contributed by atoms with Crippen molar-refractivity contribution in [1.82, 2.24) is 0 Å². The molecular weight excluding hydrogens is 184 g/mol. The fourth-order valence-corrected chi connectivity index (χ4v) is 2.12. The second kappa shape index (κ2) is 16.4. The molecule has 1 rings (SSSR count). The molecule has 1 saturated carbocycles. The van der Waals surface area contributed by atoms with Crippen LogP contribution in [0.1, 0.15) is 90.9 Å². The van der Waals surface area contributed by atoms with Crippen LogP contribution in [-0.2, 0) is 0 Å². The first-order valence-corrected chi connectivity index (χ1v) is 7.00. The standard InChI is InChI=1S/C12H24.C2H6.H2O/c1-2-4-6-8-10-12-11-9-7-5-3-1;1-2;/h1-12H2;1-2H3;1H2. The first kappa shape index (κ1) is 17.4. The highest BCUT2D eigenvalue weighted by molar-refractivity contribution is 4.51. The van der Waals surface area contributed by atoms with E-state index >= 15 is 0 Å². The van der Waals surface area contributed by atoms with E-state index in [1.165, 1.54) is 77.0 Å². The van der Waals surface area contributed by atoms with Gasteiger partial charge in [-0.3, -0.25) is 0 Å². The maximum atomic E-state index is 2.00. The van der Waals surface area contributed by atoms with E-state index in [2.05, 4.69) is 0 Å². The maximum Gasteiger partial charge on any atom is -0.0533 e. The Kier molecular flexibility index (Phi) is 19.0. The van der Waals surface area contributed by atoms with Gasteiger partial charge in [0.05, 0.1) is 0 Å². The summed E-state index contributed by atoms with van der Waals surface area (Å²) >= 11 is 0. The van der Waals surface area contributed by atoms with Crippen molar-refractivity contribution in [3.05, 3.63) is 0 Å². The molecule has 1 nitrogen and oxygen atoms in total. The van der Waals surface area contributed by atoms with Gasteiger partial charge in [-0.15, -0.1) is 0 Å². The quantitative estimate of drug-likeness (QED) is 0.552. The van der Waals surface area contributed by atoms with Crippen molar-refractivity contribution in [3.8, 4) is 0 Å². The van der Waals surface area contributed by atoms with Gasteiger partial charge in [0, 0.05) is 0 Å². The van der Waals surface area contributed by atoms with Gasteiger partial charge in [-0.1, -0.05) is 90.9 Å². The van der Waals surface area contributed by atoms with E-state index in [9.17, 15) is 0 Å². The van der Waals surface area contributed by atoms with Crippen LogP contribution >= 0.6 is 0 Å². The van der Waals surface area contributed by atoms with Gasteiger partial charge in [0.1, 0.15) is 0 Å². The normalized spacial score (nSPS) is 19.6. The largest absolute Gasteiger partial charge is 0.412 e. The summed E-state index contributed by atoms with van der Waals surface area (Å²) in [6.45, 7) is 4.00. The van der Waals surface area contributed by atoms with Gasteiger partial charge in [0.25, 0.3) is 0 Å². The highest BCUT2D eigenvalue weighted by Gasteiger charge is 1.96. The first-order valence-electron chi connectivity index (χ1n) is 7.00. The Morgan fingerprint density at radius 1 is 0.333 bits per heavy atom. The Morgan fingerprint density at radius 3 is 0.467 bits per heavy atom. The van der Waals surface area contributed by atoms with Gasteiger partial charge in [0.15, 0.2) is 0 Å². The molecule has 0 bridgehead atoms. The molecule has 15 heavy (non-hydrogen) atoms. The average molecular weight is 216 g/mol. The average Bonchev–Trinajstić information content (AvgIpc) is 2.22. The van der Waals surface area contributed by atoms with E-state index in [0.717, 1.165) is 0 Å². The summed E-state index contributed by atoms with van der Waals surface area (Å²) in [5, 5.41) is 0. The van der Waals surface area contributed by atoms with Gasteiger partial charge in [-0.25, -0.2) is 0 Å². The van der Waals surface area contributed by atoms with Crippen LogP contribution in [0.3, 0.4) is 0 Å². The SMILES string of the molecule is C1CCCCCCCCCCC1.CC.O. The summed E-state index contributed by atoms with van der Waals surface area (Å²) in [6.07, 6.45) is 18.0. The van der Waals surface area contributed by atoms with Gasteiger partial charge >= 0.3 is 0 Å². The van der Waals surface area contributed by atoms with Crippen LogP contribution in [0, 0.1) is 0 Å². The molecular formula is C14H32O. The lowest BCUT2D eigenvalue weighted by molar-refractivity contribution is 0.504. The summed E-state index contributed by atoms with van der Waals surface area (Å²) in [5.41, 5.74) is 0. The van der Waals surface area contributed by atoms with Crippen molar-refractivity contribution >= 4 is 0 Å². The molecule has 1 fully saturated rings. The number of hydrogen-bond donors (Lipinski definition) is 0. The van der Waals surface area contributed by atoms with Crippen LogP contribution < -0.4 is 0 Å². The van der Waals surface area contributed by atoms with E-state index in [1.54, 1.807) is 0 Å². The summed E-state index contributed by atoms with van der Waals surface area (Å²) in [5.74, 6) is 0. The lowest BCUT2D eigenvalue weighted by Crippen LogP contribution is -1.85. The van der Waals surface area contributed by atoms with Crippen LogP contribution in [0.5, 0.6) is 0 Å². The molecule has 2 N–H and O–H groups in total. The minimum Gasteiger partial charge on any atom is -0.412 e. The molecule has 0 aromatic carbocycles. The molecule has 1 aliphatic carbocycles. The maximum absolute atomic E-state index is 2.00. The van der Waals surface area contributed by atoms with Gasteiger partial charge < -0.3 is 5.48 Å². The van der Waals surface area contributed by atoms with E-state index in [1.807, 2.05) is 13.8 Å². The summed E-state index contributed by atoms with van der Waals surface area (Å²) < 4.78 is 0. The third-order valence-electron chi connectivity index (χ3n) is 3.00. The van der Waals surface area contributed by atoms with Crippen molar-refractivity contribution in [3.63, 3.8) is 0 Å². The van der Waals surface area contributed by atoms with Crippen molar-refractivity contribution in [2.75, 3.05) is 0 Å². The summed E-state index contributed by atoms with van der Waals surface area (Å²) in [4.78, 5) is 0. The molecule has 0 spiro atoms. The van der Waals surface area contributed by atoms with Gasteiger partial charge in [0.2, 0.25) is 0 Å². The van der Waals surface area contributed by atoms with Crippen molar-refractivity contribution in [2.45, 2.75) is 90.9 Å². The zero-order chi connectivity index (χ0) is 10.5. The van der Waals surface area contributed by atoms with Crippen molar-refractivity contribution in [2.24, 2.45) is 0 Å². The molecule has 0 atom stereocenters. The molecule has 1 heteroatoms. The fourth-order valence-electron chi connectivity index (χ4n) is 2.12. The predicted octanol–water partition coefficient (Wildman–Crippen LogP) is 4.88. The van der Waals surface area contributed by atoms with Gasteiger partial charge in [-0.2, -0.15) is 0 Å². The minimum absolute atomic E-state index is 0. The Balaban J connectivity index is 0. The first-order chi connectivity index (χ1) is 7.00. The molecule has 0 amide bonds. The predicted molar refractivity (Wildman–Crippen MR) is 70.4 cm³/mol. The van der Waals surface area contributed by atoms with Gasteiger partial charge in [-0.05, 0) is 0 Å². The van der Waals surface area contributed by atoms with E-state index in [4.69, 9.17) is 0 Å². The van der Waals surface area contributed by atoms with Crippen molar-refractivity contribution in [1.29, 1.82) is 0 Å². The van der Waals surface area contributed by atoms with Crippen LogP contribution in [0.2, 0.25) is 0 Å². The lowest BCUT2D eigenvalue weighted by Gasteiger charge is -2.05. The highest BCUT2D eigenvalue weighted by Crippen LogP contribution is 2.15. The van der Waals surface area contributed by atoms with E-state index in [0.29, 0.717) is 0 Å². The second-order valence-electron chi connectivity index (χ2n) is 4.24. The molecule has 0 aromatic rings. The minimum atomic E-state index is 0. The molecule has 94 valence electrons. The van der Waals surface area contributed by atoms with E-state index < -0.39 is 0 Å². The molecule has 0 saturated heterocycles.